The largest absolute Gasteiger partial charge is 0.270 e. The third kappa shape index (κ3) is 8.15. The molecule has 1 rings (SSSR count). The zero-order valence-corrected chi connectivity index (χ0v) is 8.04. The van der Waals surface area contributed by atoms with Crippen LogP contribution >= 0.6 is 0 Å². The molecule has 0 aromatic carbocycles. The molecule has 0 amide bonds. The Morgan fingerprint density at radius 1 is 1.30 bits per heavy atom. The number of hydrogen-bond donors (Lipinski definition) is 0. The number of halogens is 3. The molecule has 0 nitrogen and oxygen atoms in total. The SMILES string of the molecule is CC1=[C-]CC=C1.F.F.F.[Zr]. The molecular weight excluding hydrogens is 220 g/mol. The molecular formula is C6H10F3Zr-. The van der Waals surface area contributed by atoms with Gasteiger partial charge < -0.3 is 0 Å². The molecule has 0 unspecified atom stereocenters. The van der Waals surface area contributed by atoms with Crippen LogP contribution in [0.2, 0.25) is 0 Å². The van der Waals surface area contributed by atoms with Crippen molar-refractivity contribution in [1.29, 1.82) is 0 Å². The van der Waals surface area contributed by atoms with E-state index in [1.807, 2.05) is 0 Å². The topological polar surface area (TPSA) is 0 Å². The molecule has 0 N–H and O–H groups in total. The summed E-state index contributed by atoms with van der Waals surface area (Å²) >= 11 is 0. The van der Waals surface area contributed by atoms with Crippen molar-refractivity contribution in [3.63, 3.8) is 0 Å². The predicted molar refractivity (Wildman–Crippen MR) is 33.7 cm³/mol. The van der Waals surface area contributed by atoms with Crippen LogP contribution in [0.15, 0.2) is 17.7 Å². The molecule has 0 aliphatic heterocycles. The van der Waals surface area contributed by atoms with Gasteiger partial charge in [0.1, 0.15) is 0 Å². The molecule has 60 valence electrons. The van der Waals surface area contributed by atoms with Gasteiger partial charge in [0.15, 0.2) is 0 Å². The van der Waals surface area contributed by atoms with E-state index in [0.29, 0.717) is 0 Å². The molecule has 0 aromatic heterocycles. The number of allylic oxidation sites excluding steroid dienone is 4. The monoisotopic (exact) mass is 229 g/mol. The first kappa shape index (κ1) is 22.5. The van der Waals surface area contributed by atoms with Gasteiger partial charge in [-0.15, -0.1) is 6.42 Å². The fourth-order valence-corrected chi connectivity index (χ4v) is 0.515. The third-order valence-electron chi connectivity index (χ3n) is 0.867. The summed E-state index contributed by atoms with van der Waals surface area (Å²) in [5.41, 5.74) is 1.27. The van der Waals surface area contributed by atoms with Gasteiger partial charge in [-0.1, -0.05) is 6.92 Å². The molecule has 0 saturated carbocycles. The average molecular weight is 230 g/mol. The molecule has 0 bridgehead atoms. The summed E-state index contributed by atoms with van der Waals surface area (Å²) in [6.45, 7) is 2.06. The number of hydrogen-bond acceptors (Lipinski definition) is 0. The summed E-state index contributed by atoms with van der Waals surface area (Å²) in [7, 11) is 0. The second-order valence-electron chi connectivity index (χ2n) is 1.47. The normalized spacial score (nSPS) is 11.1. The molecule has 4 heteroatoms. The first-order chi connectivity index (χ1) is 2.89. The van der Waals surface area contributed by atoms with Gasteiger partial charge in [-0.2, -0.15) is 6.08 Å². The molecule has 0 aromatic rings. The molecule has 0 fully saturated rings. The molecule has 0 radical (unpaired) electrons. The average Bonchev–Trinajstić information content (AvgIpc) is 1.86. The predicted octanol–water partition coefficient (Wildman–Crippen LogP) is 2.15. The molecule has 0 heterocycles. The third-order valence-corrected chi connectivity index (χ3v) is 0.867. The van der Waals surface area contributed by atoms with Crippen molar-refractivity contribution in [3.8, 4) is 0 Å². The Bertz CT molecular complexity index is 107. The van der Waals surface area contributed by atoms with Crippen LogP contribution in [0, 0.1) is 6.08 Å². The van der Waals surface area contributed by atoms with Crippen LogP contribution in [0.4, 0.5) is 14.1 Å². The Morgan fingerprint density at radius 3 is 1.90 bits per heavy atom. The van der Waals surface area contributed by atoms with E-state index >= 15 is 0 Å². The zero-order chi connectivity index (χ0) is 4.41. The van der Waals surface area contributed by atoms with E-state index in [4.69, 9.17) is 0 Å². The molecule has 0 atom stereocenters. The van der Waals surface area contributed by atoms with Gasteiger partial charge in [-0.05, 0) is 0 Å². The zero-order valence-electron chi connectivity index (χ0n) is 5.59. The van der Waals surface area contributed by atoms with Crippen molar-refractivity contribution >= 4 is 0 Å². The fraction of sp³-hybridized carbons (Fsp3) is 0.333. The van der Waals surface area contributed by atoms with Crippen molar-refractivity contribution in [3.05, 3.63) is 23.8 Å². The van der Waals surface area contributed by atoms with Gasteiger partial charge in [0, 0.05) is 26.2 Å². The minimum absolute atomic E-state index is 0. The van der Waals surface area contributed by atoms with Gasteiger partial charge >= 0.3 is 0 Å². The van der Waals surface area contributed by atoms with E-state index in [1.165, 1.54) is 5.57 Å². The van der Waals surface area contributed by atoms with E-state index in [9.17, 15) is 0 Å². The smallest absolute Gasteiger partial charge is 0 e. The first-order valence-corrected chi connectivity index (χ1v) is 2.13. The van der Waals surface area contributed by atoms with Crippen LogP contribution in [0.5, 0.6) is 0 Å². The summed E-state index contributed by atoms with van der Waals surface area (Å²) in [6.07, 6.45) is 8.33. The number of rotatable bonds is 0. The van der Waals surface area contributed by atoms with Crippen molar-refractivity contribution < 1.29 is 40.3 Å². The Balaban J connectivity index is -0.0000000450. The second kappa shape index (κ2) is 11.9. The van der Waals surface area contributed by atoms with Crippen LogP contribution in [0.3, 0.4) is 0 Å². The van der Waals surface area contributed by atoms with Gasteiger partial charge in [0.25, 0.3) is 0 Å². The van der Waals surface area contributed by atoms with Gasteiger partial charge in [-0.25, -0.2) is 11.6 Å². The van der Waals surface area contributed by atoms with Crippen molar-refractivity contribution in [2.45, 2.75) is 13.3 Å². The second-order valence-corrected chi connectivity index (χ2v) is 1.47. The van der Waals surface area contributed by atoms with Crippen LogP contribution < -0.4 is 0 Å². The van der Waals surface area contributed by atoms with E-state index in [2.05, 4.69) is 25.2 Å². The van der Waals surface area contributed by atoms with Crippen molar-refractivity contribution in [2.24, 2.45) is 0 Å². The van der Waals surface area contributed by atoms with E-state index < -0.39 is 0 Å². The van der Waals surface area contributed by atoms with Crippen LogP contribution in [-0.2, 0) is 26.2 Å². The summed E-state index contributed by atoms with van der Waals surface area (Å²) < 4.78 is 0. The summed E-state index contributed by atoms with van der Waals surface area (Å²) in [5, 5.41) is 0. The molecule has 0 saturated heterocycles. The molecule has 0 spiro atoms. The van der Waals surface area contributed by atoms with Crippen LogP contribution in [0.25, 0.3) is 0 Å². The maximum absolute atomic E-state index is 3.12. The standard InChI is InChI=1S/C6H7.3FH.Zr/c1-6-4-2-3-5-6;;;;/h2,4H,3H2,1H3;3*1H;/q-1;;;;. The summed E-state index contributed by atoms with van der Waals surface area (Å²) in [5.74, 6) is 0. The van der Waals surface area contributed by atoms with E-state index in [0.717, 1.165) is 6.42 Å². The minimum atomic E-state index is 0. The Hall–Kier alpha value is 0.153. The summed E-state index contributed by atoms with van der Waals surface area (Å²) in [6, 6.07) is 0. The fourth-order valence-electron chi connectivity index (χ4n) is 0.515. The van der Waals surface area contributed by atoms with E-state index in [1.54, 1.807) is 0 Å². The van der Waals surface area contributed by atoms with E-state index in [-0.39, 0.29) is 40.3 Å². The minimum Gasteiger partial charge on any atom is -0.270 e. The Kier molecular flexibility index (Phi) is 26.7. The summed E-state index contributed by atoms with van der Waals surface area (Å²) in [4.78, 5) is 0. The molecule has 10 heavy (non-hydrogen) atoms. The quantitative estimate of drug-likeness (QED) is 0.559. The molecule has 1 aliphatic rings. The van der Waals surface area contributed by atoms with Crippen LogP contribution in [0.1, 0.15) is 13.3 Å². The Labute approximate surface area is 77.6 Å². The Morgan fingerprint density at radius 2 is 1.80 bits per heavy atom. The van der Waals surface area contributed by atoms with Crippen molar-refractivity contribution in [2.75, 3.05) is 0 Å². The van der Waals surface area contributed by atoms with Gasteiger partial charge in [0.05, 0.1) is 0 Å². The maximum Gasteiger partial charge on any atom is 0 e. The first-order valence-electron chi connectivity index (χ1n) is 2.13. The van der Waals surface area contributed by atoms with Crippen LogP contribution in [-0.4, -0.2) is 0 Å². The maximum atomic E-state index is 3.12. The van der Waals surface area contributed by atoms with Crippen molar-refractivity contribution in [1.82, 2.24) is 0 Å². The van der Waals surface area contributed by atoms with Gasteiger partial charge in [-0.3, -0.25) is 20.2 Å². The van der Waals surface area contributed by atoms with Gasteiger partial charge in [0.2, 0.25) is 0 Å². The molecule has 1 aliphatic carbocycles.